The fourth-order valence-corrected chi connectivity index (χ4v) is 8.36. The van der Waals surface area contributed by atoms with Crippen LogP contribution in [0.25, 0.3) is 0 Å². The Kier molecular flexibility index (Phi) is 9.74. The summed E-state index contributed by atoms with van der Waals surface area (Å²) in [4.78, 5) is 32.2. The van der Waals surface area contributed by atoms with Crippen LogP contribution in [-0.2, 0) is 20.5 Å². The standard InChI is InChI=1S/C36H45F4N3O4/c1-46-29-12-9-24(10-13-29)31-22-43(28-7-3-4-8-28)23-35(31,37)34(45)42-17-5-6-26(21-42)30-14-11-27(36(38,39)40)20-32(30)41-18-15-25(16-19-41)33(44)47-2/h9-14,20,25-26,28,31H,3-8,15-19,21-23H2,1-2H3/t26?,31-,35-/m0/s1. The van der Waals surface area contributed by atoms with E-state index in [1.165, 1.54) is 19.2 Å². The summed E-state index contributed by atoms with van der Waals surface area (Å²) in [5.74, 6) is -1.35. The smallest absolute Gasteiger partial charge is 0.416 e. The van der Waals surface area contributed by atoms with E-state index in [-0.39, 0.29) is 36.9 Å². The van der Waals surface area contributed by atoms with Crippen LogP contribution in [0.4, 0.5) is 23.2 Å². The highest BCUT2D eigenvalue weighted by Crippen LogP contribution is 2.45. The van der Waals surface area contributed by atoms with Gasteiger partial charge in [0.25, 0.3) is 5.91 Å². The molecule has 6 rings (SSSR count). The van der Waals surface area contributed by atoms with Gasteiger partial charge in [-0.2, -0.15) is 13.2 Å². The Labute approximate surface area is 274 Å². The molecule has 4 aliphatic rings. The van der Waals surface area contributed by atoms with Crippen molar-refractivity contribution in [3.05, 3.63) is 59.2 Å². The lowest BCUT2D eigenvalue weighted by molar-refractivity contribution is -0.146. The zero-order chi connectivity index (χ0) is 33.3. The molecule has 4 fully saturated rings. The molecule has 0 aromatic heterocycles. The van der Waals surface area contributed by atoms with Crippen molar-refractivity contribution in [1.29, 1.82) is 0 Å². The number of ether oxygens (including phenoxy) is 2. The van der Waals surface area contributed by atoms with E-state index in [0.717, 1.165) is 42.9 Å². The lowest BCUT2D eigenvalue weighted by Crippen LogP contribution is -2.53. The molecule has 0 spiro atoms. The topological polar surface area (TPSA) is 62.3 Å². The molecule has 1 aliphatic carbocycles. The summed E-state index contributed by atoms with van der Waals surface area (Å²) in [6, 6.07) is 11.4. The van der Waals surface area contributed by atoms with Gasteiger partial charge in [-0.25, -0.2) is 4.39 Å². The van der Waals surface area contributed by atoms with E-state index < -0.39 is 29.2 Å². The van der Waals surface area contributed by atoms with Gasteiger partial charge in [0.15, 0.2) is 0 Å². The Bertz CT molecular complexity index is 1420. The molecule has 2 aromatic carbocycles. The fourth-order valence-electron chi connectivity index (χ4n) is 8.36. The Hall–Kier alpha value is -3.34. The van der Waals surface area contributed by atoms with Crippen LogP contribution >= 0.6 is 0 Å². The molecule has 1 unspecified atom stereocenters. The minimum atomic E-state index is -4.52. The number of hydrogen-bond acceptors (Lipinski definition) is 6. The van der Waals surface area contributed by atoms with E-state index >= 15 is 4.39 Å². The van der Waals surface area contributed by atoms with Gasteiger partial charge in [-0.05, 0) is 73.9 Å². The number of carbonyl (C=O) groups is 2. The number of halogens is 4. The quantitative estimate of drug-likeness (QED) is 0.248. The third kappa shape index (κ3) is 6.82. The molecule has 47 heavy (non-hydrogen) atoms. The first kappa shape index (κ1) is 33.6. The number of methoxy groups -OCH3 is 2. The fraction of sp³-hybridized carbons (Fsp3) is 0.611. The average molecular weight is 660 g/mol. The molecule has 0 bridgehead atoms. The van der Waals surface area contributed by atoms with Crippen LogP contribution in [0, 0.1) is 5.92 Å². The summed E-state index contributed by atoms with van der Waals surface area (Å²) in [7, 11) is 2.92. The van der Waals surface area contributed by atoms with E-state index in [9.17, 15) is 22.8 Å². The van der Waals surface area contributed by atoms with Crippen molar-refractivity contribution >= 4 is 17.6 Å². The summed E-state index contributed by atoms with van der Waals surface area (Å²) in [6.45, 7) is 1.96. The van der Waals surface area contributed by atoms with Gasteiger partial charge in [-0.3, -0.25) is 14.5 Å². The van der Waals surface area contributed by atoms with Crippen LogP contribution in [-0.4, -0.2) is 86.9 Å². The van der Waals surface area contributed by atoms with E-state index in [1.54, 1.807) is 24.1 Å². The first-order valence-corrected chi connectivity index (χ1v) is 16.9. The Morgan fingerprint density at radius 3 is 2.21 bits per heavy atom. The number of benzene rings is 2. The van der Waals surface area contributed by atoms with E-state index in [4.69, 9.17) is 9.47 Å². The van der Waals surface area contributed by atoms with Crippen molar-refractivity contribution in [2.75, 3.05) is 58.4 Å². The highest BCUT2D eigenvalue weighted by Gasteiger charge is 2.56. The summed E-state index contributed by atoms with van der Waals surface area (Å²) < 4.78 is 69.4. The van der Waals surface area contributed by atoms with Crippen molar-refractivity contribution < 1.29 is 36.6 Å². The number of esters is 1. The zero-order valence-electron chi connectivity index (χ0n) is 27.2. The number of likely N-dealkylation sites (tertiary alicyclic amines) is 2. The largest absolute Gasteiger partial charge is 0.497 e. The van der Waals surface area contributed by atoms with Gasteiger partial charge >= 0.3 is 12.1 Å². The maximum absolute atomic E-state index is 17.5. The number of anilines is 1. The molecule has 0 radical (unpaired) electrons. The summed E-state index contributed by atoms with van der Waals surface area (Å²) in [5.41, 5.74) is -0.903. The maximum atomic E-state index is 17.5. The summed E-state index contributed by atoms with van der Waals surface area (Å²) in [5, 5.41) is 0. The number of rotatable bonds is 7. The van der Waals surface area contributed by atoms with E-state index in [0.29, 0.717) is 63.3 Å². The molecular weight excluding hydrogens is 614 g/mol. The molecule has 7 nitrogen and oxygen atoms in total. The van der Waals surface area contributed by atoms with Gasteiger partial charge in [-0.15, -0.1) is 0 Å². The van der Waals surface area contributed by atoms with Crippen molar-refractivity contribution in [2.24, 2.45) is 5.92 Å². The maximum Gasteiger partial charge on any atom is 0.416 e. The molecule has 2 aromatic rings. The third-order valence-electron chi connectivity index (χ3n) is 11.0. The molecule has 3 heterocycles. The van der Waals surface area contributed by atoms with Gasteiger partial charge in [0.05, 0.1) is 25.7 Å². The molecule has 256 valence electrons. The molecule has 1 saturated carbocycles. The van der Waals surface area contributed by atoms with Crippen LogP contribution in [0.5, 0.6) is 5.75 Å². The Balaban J connectivity index is 1.26. The monoisotopic (exact) mass is 659 g/mol. The van der Waals surface area contributed by atoms with Gasteiger partial charge in [-0.1, -0.05) is 31.0 Å². The number of nitrogens with zero attached hydrogens (tertiary/aromatic N) is 3. The highest BCUT2D eigenvalue weighted by atomic mass is 19.4. The average Bonchev–Trinajstić information content (AvgIpc) is 3.76. The molecule has 3 saturated heterocycles. The molecule has 3 aliphatic heterocycles. The molecule has 11 heteroatoms. The van der Waals surface area contributed by atoms with Crippen LogP contribution in [0.3, 0.4) is 0 Å². The van der Waals surface area contributed by atoms with Crippen LogP contribution < -0.4 is 9.64 Å². The molecule has 3 atom stereocenters. The minimum absolute atomic E-state index is 0.0367. The lowest BCUT2D eigenvalue weighted by Gasteiger charge is -2.40. The van der Waals surface area contributed by atoms with Crippen LogP contribution in [0.15, 0.2) is 42.5 Å². The van der Waals surface area contributed by atoms with Crippen molar-refractivity contribution in [3.8, 4) is 5.75 Å². The molecular formula is C36H45F4N3O4. The van der Waals surface area contributed by atoms with Gasteiger partial charge in [0.1, 0.15) is 5.75 Å². The van der Waals surface area contributed by atoms with E-state index in [2.05, 4.69) is 4.90 Å². The van der Waals surface area contributed by atoms with Crippen molar-refractivity contribution in [2.45, 2.75) is 81.1 Å². The van der Waals surface area contributed by atoms with Crippen LogP contribution in [0.1, 0.15) is 79.9 Å². The predicted molar refractivity (Wildman–Crippen MR) is 170 cm³/mol. The second kappa shape index (κ2) is 13.6. The first-order chi connectivity index (χ1) is 22.5. The predicted octanol–water partition coefficient (Wildman–Crippen LogP) is 6.56. The van der Waals surface area contributed by atoms with Gasteiger partial charge in [0, 0.05) is 62.8 Å². The highest BCUT2D eigenvalue weighted by molar-refractivity contribution is 5.87. The second-order valence-corrected chi connectivity index (χ2v) is 13.7. The lowest BCUT2D eigenvalue weighted by atomic mass is 9.83. The minimum Gasteiger partial charge on any atom is -0.497 e. The summed E-state index contributed by atoms with van der Waals surface area (Å²) in [6.07, 6.45) is 1.94. The van der Waals surface area contributed by atoms with Gasteiger partial charge in [0.2, 0.25) is 5.67 Å². The van der Waals surface area contributed by atoms with E-state index in [1.807, 2.05) is 17.0 Å². The first-order valence-electron chi connectivity index (χ1n) is 16.9. The van der Waals surface area contributed by atoms with Crippen LogP contribution in [0.2, 0.25) is 0 Å². The Morgan fingerprint density at radius 2 is 1.57 bits per heavy atom. The van der Waals surface area contributed by atoms with Crippen molar-refractivity contribution in [1.82, 2.24) is 9.80 Å². The number of carbonyl (C=O) groups excluding carboxylic acids is 2. The SMILES string of the molecule is COC(=O)C1CCN(c2cc(C(F)(F)F)ccc2C2CCCN(C(=O)[C@]3(F)CN(C4CCCC4)C[C@H]3c3ccc(OC)cc3)C2)CC1. The number of amides is 1. The number of piperidine rings is 2. The number of alkyl halides is 4. The summed E-state index contributed by atoms with van der Waals surface area (Å²) >= 11 is 0. The molecule has 0 N–H and O–H groups in total. The van der Waals surface area contributed by atoms with Gasteiger partial charge < -0.3 is 19.3 Å². The second-order valence-electron chi connectivity index (χ2n) is 13.7. The third-order valence-corrected chi connectivity index (χ3v) is 11.0. The molecule has 1 amide bonds. The normalized spacial score (nSPS) is 26.5. The number of hydrogen-bond donors (Lipinski definition) is 0. The van der Waals surface area contributed by atoms with Crippen molar-refractivity contribution in [3.63, 3.8) is 0 Å². The Morgan fingerprint density at radius 1 is 0.872 bits per heavy atom. The zero-order valence-corrected chi connectivity index (χ0v) is 27.2.